The fraction of sp³-hybridized carbons (Fsp3) is 0.846. The van der Waals surface area contributed by atoms with Crippen LogP contribution in [-0.2, 0) is 14.3 Å². The Morgan fingerprint density at radius 1 is 1.33 bits per heavy atom. The lowest BCUT2D eigenvalue weighted by molar-refractivity contribution is -0.142. The average molecular weight is 255 g/mol. The van der Waals surface area contributed by atoms with E-state index < -0.39 is 6.10 Å². The zero-order chi connectivity index (χ0) is 13.3. The van der Waals surface area contributed by atoms with E-state index >= 15 is 0 Å². The van der Waals surface area contributed by atoms with Gasteiger partial charge >= 0.3 is 0 Å². The molecule has 3 atom stereocenters. The Balaban J connectivity index is 2.00. The topological polar surface area (TPSA) is 66.8 Å². The van der Waals surface area contributed by atoms with Crippen LogP contribution in [0.3, 0.4) is 0 Å². The molecule has 1 saturated heterocycles. The first-order valence-electron chi connectivity index (χ1n) is 6.60. The van der Waals surface area contributed by atoms with E-state index in [-0.39, 0.29) is 36.8 Å². The Labute approximate surface area is 107 Å². The summed E-state index contributed by atoms with van der Waals surface area (Å²) in [5.41, 5.74) is 0. The molecule has 0 aromatic carbocycles. The molecule has 0 radical (unpaired) electrons. The van der Waals surface area contributed by atoms with Gasteiger partial charge in [0, 0.05) is 7.11 Å². The molecule has 1 N–H and O–H groups in total. The second-order valence-corrected chi connectivity index (χ2v) is 5.35. The van der Waals surface area contributed by atoms with Crippen LogP contribution in [0.4, 0.5) is 0 Å². The molecule has 102 valence electrons. The third kappa shape index (κ3) is 2.29. The van der Waals surface area contributed by atoms with Gasteiger partial charge in [-0.15, -0.1) is 0 Å². The largest absolute Gasteiger partial charge is 0.389 e. The first-order chi connectivity index (χ1) is 8.58. The molecule has 5 heteroatoms. The first kappa shape index (κ1) is 13.5. The van der Waals surface area contributed by atoms with Crippen LogP contribution in [-0.4, -0.2) is 48.2 Å². The third-order valence-corrected chi connectivity index (χ3v) is 4.16. The second kappa shape index (κ2) is 5.36. The van der Waals surface area contributed by atoms with Crippen LogP contribution in [0, 0.1) is 17.8 Å². The van der Waals surface area contributed by atoms with Crippen molar-refractivity contribution in [2.45, 2.75) is 32.3 Å². The van der Waals surface area contributed by atoms with Crippen molar-refractivity contribution in [1.29, 1.82) is 0 Å². The minimum Gasteiger partial charge on any atom is -0.389 e. The van der Waals surface area contributed by atoms with E-state index in [0.717, 1.165) is 19.3 Å². The number of methoxy groups -OCH3 is 1. The number of fused-ring (bicyclic) bond motifs is 1. The normalized spacial score (nSPS) is 33.1. The number of hydrogen-bond acceptors (Lipinski definition) is 4. The summed E-state index contributed by atoms with van der Waals surface area (Å²) in [5.74, 6) is 0.0144. The van der Waals surface area contributed by atoms with Crippen molar-refractivity contribution in [2.24, 2.45) is 17.8 Å². The van der Waals surface area contributed by atoms with E-state index in [1.54, 1.807) is 0 Å². The van der Waals surface area contributed by atoms with Gasteiger partial charge in [-0.3, -0.25) is 14.5 Å². The van der Waals surface area contributed by atoms with Crippen molar-refractivity contribution in [1.82, 2.24) is 4.90 Å². The number of carbonyl (C=O) groups is 2. The van der Waals surface area contributed by atoms with E-state index in [9.17, 15) is 14.7 Å². The molecule has 18 heavy (non-hydrogen) atoms. The lowest BCUT2D eigenvalue weighted by atomic mass is 10.00. The number of amides is 2. The molecular weight excluding hydrogens is 234 g/mol. The van der Waals surface area contributed by atoms with Crippen LogP contribution >= 0.6 is 0 Å². The number of nitrogens with zero attached hydrogens (tertiary/aromatic N) is 1. The molecule has 1 aliphatic carbocycles. The highest BCUT2D eigenvalue weighted by Crippen LogP contribution is 2.44. The van der Waals surface area contributed by atoms with Crippen LogP contribution in [0.2, 0.25) is 0 Å². The van der Waals surface area contributed by atoms with Gasteiger partial charge < -0.3 is 9.84 Å². The van der Waals surface area contributed by atoms with Gasteiger partial charge in [-0.05, 0) is 18.8 Å². The van der Waals surface area contributed by atoms with Crippen LogP contribution in [0.5, 0.6) is 0 Å². The molecule has 1 heterocycles. The van der Waals surface area contributed by atoms with Crippen LogP contribution in [0.25, 0.3) is 0 Å². The summed E-state index contributed by atoms with van der Waals surface area (Å²) in [6.45, 7) is 2.31. The highest BCUT2D eigenvalue weighted by atomic mass is 16.5. The maximum absolute atomic E-state index is 12.2. The summed E-state index contributed by atoms with van der Waals surface area (Å²) in [4.78, 5) is 25.5. The highest BCUT2D eigenvalue weighted by Gasteiger charge is 2.52. The number of imide groups is 1. The van der Waals surface area contributed by atoms with E-state index in [0.29, 0.717) is 5.92 Å². The summed E-state index contributed by atoms with van der Waals surface area (Å²) in [6, 6.07) is 0. The van der Waals surface area contributed by atoms with Gasteiger partial charge in [-0.1, -0.05) is 13.3 Å². The smallest absolute Gasteiger partial charge is 0.233 e. The first-order valence-corrected chi connectivity index (χ1v) is 6.60. The Morgan fingerprint density at radius 3 is 2.33 bits per heavy atom. The van der Waals surface area contributed by atoms with Gasteiger partial charge in [0.1, 0.15) is 0 Å². The van der Waals surface area contributed by atoms with Crippen LogP contribution in [0.15, 0.2) is 0 Å². The molecule has 5 nitrogen and oxygen atoms in total. The number of likely N-dealkylation sites (tertiary alicyclic amines) is 1. The molecule has 3 unspecified atom stereocenters. The molecule has 0 bridgehead atoms. The van der Waals surface area contributed by atoms with Gasteiger partial charge in [0.05, 0.1) is 31.1 Å². The average Bonchev–Trinajstić information content (AvgIpc) is 2.86. The van der Waals surface area contributed by atoms with Gasteiger partial charge in [-0.2, -0.15) is 0 Å². The summed E-state index contributed by atoms with van der Waals surface area (Å²) >= 11 is 0. The fourth-order valence-electron chi connectivity index (χ4n) is 3.17. The van der Waals surface area contributed by atoms with E-state index in [4.69, 9.17) is 4.74 Å². The lowest BCUT2D eigenvalue weighted by Crippen LogP contribution is -2.40. The number of aliphatic hydroxyl groups excluding tert-OH is 1. The number of ether oxygens (including phenoxy) is 1. The predicted octanol–water partition coefficient (Wildman–Crippen LogP) is 0.415. The van der Waals surface area contributed by atoms with E-state index in [2.05, 4.69) is 6.92 Å². The van der Waals surface area contributed by atoms with E-state index in [1.165, 1.54) is 12.0 Å². The monoisotopic (exact) mass is 255 g/mol. The molecule has 2 fully saturated rings. The number of hydrogen-bond donors (Lipinski definition) is 1. The lowest BCUT2D eigenvalue weighted by Gasteiger charge is -2.20. The summed E-state index contributed by atoms with van der Waals surface area (Å²) in [7, 11) is 1.48. The SMILES string of the molecule is CCC1CC2C(=O)N(CC(O)COC)C(=O)C2C1. The predicted molar refractivity (Wildman–Crippen MR) is 64.6 cm³/mol. The maximum Gasteiger partial charge on any atom is 0.233 e. The molecule has 0 spiro atoms. The van der Waals surface area contributed by atoms with Crippen molar-refractivity contribution < 1.29 is 19.4 Å². The van der Waals surface area contributed by atoms with Crippen molar-refractivity contribution in [2.75, 3.05) is 20.3 Å². The van der Waals surface area contributed by atoms with Crippen LogP contribution in [0.1, 0.15) is 26.2 Å². The van der Waals surface area contributed by atoms with Gasteiger partial charge in [0.15, 0.2) is 0 Å². The molecule has 2 rings (SSSR count). The van der Waals surface area contributed by atoms with Crippen molar-refractivity contribution in [3.05, 3.63) is 0 Å². The van der Waals surface area contributed by atoms with Crippen molar-refractivity contribution in [3.8, 4) is 0 Å². The van der Waals surface area contributed by atoms with Gasteiger partial charge in [-0.25, -0.2) is 0 Å². The zero-order valence-corrected chi connectivity index (χ0v) is 11.0. The van der Waals surface area contributed by atoms with Crippen molar-refractivity contribution >= 4 is 11.8 Å². The standard InChI is InChI=1S/C13H21NO4/c1-3-8-4-10-11(5-8)13(17)14(12(10)16)6-9(15)7-18-2/h8-11,15H,3-7H2,1-2H3. The summed E-state index contributed by atoms with van der Waals surface area (Å²) in [5, 5.41) is 9.64. The van der Waals surface area contributed by atoms with E-state index in [1.807, 2.05) is 0 Å². The second-order valence-electron chi connectivity index (χ2n) is 5.35. The van der Waals surface area contributed by atoms with Gasteiger partial charge in [0.2, 0.25) is 11.8 Å². The zero-order valence-electron chi connectivity index (χ0n) is 11.0. The maximum atomic E-state index is 12.2. The quantitative estimate of drug-likeness (QED) is 0.723. The molecular formula is C13H21NO4. The highest BCUT2D eigenvalue weighted by molar-refractivity contribution is 6.05. The van der Waals surface area contributed by atoms with Crippen LogP contribution < -0.4 is 0 Å². The molecule has 2 amide bonds. The molecule has 0 aromatic rings. The van der Waals surface area contributed by atoms with Gasteiger partial charge in [0.25, 0.3) is 0 Å². The number of aliphatic hydroxyl groups is 1. The molecule has 0 aromatic heterocycles. The minimum absolute atomic E-state index is 0.0648. The molecule has 1 aliphatic heterocycles. The molecule has 2 aliphatic rings. The number of rotatable bonds is 5. The summed E-state index contributed by atoms with van der Waals surface area (Å²) in [6.07, 6.45) is 1.88. The fourth-order valence-corrected chi connectivity index (χ4v) is 3.17. The number of carbonyl (C=O) groups excluding carboxylic acids is 2. The third-order valence-electron chi connectivity index (χ3n) is 4.16. The Hall–Kier alpha value is -0.940. The Bertz CT molecular complexity index is 320. The Morgan fingerprint density at radius 2 is 1.89 bits per heavy atom. The summed E-state index contributed by atoms with van der Waals surface area (Å²) < 4.78 is 4.81. The minimum atomic E-state index is -0.788. The Kier molecular flexibility index (Phi) is 4.02. The number of β-amino-alcohol motifs (C(OH)–C–C–N with tert-alkyl or cyclic N) is 1. The molecule has 1 saturated carbocycles. The van der Waals surface area contributed by atoms with Crippen molar-refractivity contribution in [3.63, 3.8) is 0 Å².